The second kappa shape index (κ2) is 5.60. The molecule has 1 aliphatic heterocycles. The van der Waals surface area contributed by atoms with Crippen LogP contribution in [-0.2, 0) is 11.2 Å². The maximum absolute atomic E-state index is 11.7. The van der Waals surface area contributed by atoms with Gasteiger partial charge >= 0.3 is 5.97 Å². The van der Waals surface area contributed by atoms with E-state index in [4.69, 9.17) is 0 Å². The summed E-state index contributed by atoms with van der Waals surface area (Å²) < 4.78 is 1.06. The van der Waals surface area contributed by atoms with Gasteiger partial charge in [-0.2, -0.15) is 0 Å². The van der Waals surface area contributed by atoms with Gasteiger partial charge in [-0.3, -0.25) is 9.69 Å². The summed E-state index contributed by atoms with van der Waals surface area (Å²) in [6.07, 6.45) is 0.938. The highest BCUT2D eigenvalue weighted by atomic mass is 79.9. The van der Waals surface area contributed by atoms with Gasteiger partial charge in [0, 0.05) is 32.2 Å². The molecule has 0 radical (unpaired) electrons. The molecule has 106 valence electrons. The molecule has 6 heteroatoms. The first-order valence-electron chi connectivity index (χ1n) is 6.36. The van der Waals surface area contributed by atoms with E-state index >= 15 is 0 Å². The van der Waals surface area contributed by atoms with Crippen molar-refractivity contribution in [2.75, 3.05) is 6.54 Å². The molecule has 0 spiro atoms. The Morgan fingerprint density at radius 1 is 1.55 bits per heavy atom. The smallest absolute Gasteiger partial charge is 0.325 e. The fourth-order valence-corrected chi connectivity index (χ4v) is 5.17. The molecule has 3 heterocycles. The first-order valence-corrected chi connectivity index (χ1v) is 8.92. The van der Waals surface area contributed by atoms with Crippen LogP contribution < -0.4 is 0 Å². The molecule has 2 atom stereocenters. The van der Waals surface area contributed by atoms with E-state index in [2.05, 4.69) is 33.8 Å². The molecule has 1 N–H and O–H groups in total. The lowest BCUT2D eigenvalue weighted by Crippen LogP contribution is -2.40. The van der Waals surface area contributed by atoms with E-state index in [0.717, 1.165) is 23.0 Å². The predicted octanol–water partition coefficient (Wildman–Crippen LogP) is 4.32. The molecule has 0 aliphatic carbocycles. The zero-order chi connectivity index (χ0) is 14.3. The van der Waals surface area contributed by atoms with E-state index in [0.29, 0.717) is 0 Å². The Hall–Kier alpha value is -0.690. The Balaban J connectivity index is 1.95. The first kappa shape index (κ1) is 14.3. The molecule has 3 nitrogen and oxygen atoms in total. The van der Waals surface area contributed by atoms with Gasteiger partial charge in [0.25, 0.3) is 0 Å². The molecule has 0 fully saturated rings. The van der Waals surface area contributed by atoms with E-state index in [1.54, 1.807) is 22.7 Å². The summed E-state index contributed by atoms with van der Waals surface area (Å²) in [5.41, 5.74) is 0.969. The molecule has 2 aromatic heterocycles. The lowest BCUT2D eigenvalue weighted by atomic mass is 9.98. The van der Waals surface area contributed by atoms with Crippen LogP contribution in [0, 0.1) is 0 Å². The second-order valence-corrected chi connectivity index (χ2v) is 7.73. The normalized spacial score (nSPS) is 20.6. The van der Waals surface area contributed by atoms with Crippen molar-refractivity contribution < 1.29 is 9.90 Å². The van der Waals surface area contributed by atoms with Crippen molar-refractivity contribution in [2.45, 2.75) is 25.4 Å². The van der Waals surface area contributed by atoms with Gasteiger partial charge < -0.3 is 5.11 Å². The van der Waals surface area contributed by atoms with Crippen molar-refractivity contribution in [1.29, 1.82) is 0 Å². The molecule has 0 amide bonds. The summed E-state index contributed by atoms with van der Waals surface area (Å²) in [5, 5.41) is 13.7. The Labute approximate surface area is 134 Å². The molecule has 3 rings (SSSR count). The van der Waals surface area contributed by atoms with Gasteiger partial charge in [0.15, 0.2) is 0 Å². The van der Waals surface area contributed by atoms with Gasteiger partial charge in [0.2, 0.25) is 0 Å². The van der Waals surface area contributed by atoms with Crippen molar-refractivity contribution in [1.82, 2.24) is 4.90 Å². The van der Waals surface area contributed by atoms with Crippen LogP contribution in [0.3, 0.4) is 0 Å². The number of aliphatic carboxylic acids is 1. The van der Waals surface area contributed by atoms with Gasteiger partial charge in [-0.25, -0.2) is 0 Å². The lowest BCUT2D eigenvalue weighted by molar-refractivity contribution is -0.145. The number of hydrogen-bond acceptors (Lipinski definition) is 4. The second-order valence-electron chi connectivity index (χ2n) is 4.87. The number of carbonyl (C=O) groups is 1. The quantitative estimate of drug-likeness (QED) is 0.873. The van der Waals surface area contributed by atoms with Gasteiger partial charge in [-0.05, 0) is 52.4 Å². The average Bonchev–Trinajstić information content (AvgIpc) is 3.04. The largest absolute Gasteiger partial charge is 0.480 e. The molecule has 2 unspecified atom stereocenters. The zero-order valence-electron chi connectivity index (χ0n) is 10.9. The Morgan fingerprint density at radius 3 is 3.00 bits per heavy atom. The summed E-state index contributed by atoms with van der Waals surface area (Å²) in [5.74, 6) is -0.758. The highest BCUT2D eigenvalue weighted by molar-refractivity contribution is 9.10. The number of hydrogen-bond donors (Lipinski definition) is 1. The number of halogens is 1. The average molecular weight is 372 g/mol. The van der Waals surface area contributed by atoms with E-state index in [-0.39, 0.29) is 6.04 Å². The monoisotopic (exact) mass is 371 g/mol. The highest BCUT2D eigenvalue weighted by Crippen LogP contribution is 2.40. The molecular formula is C14H14BrNO2S2. The van der Waals surface area contributed by atoms with E-state index < -0.39 is 12.0 Å². The SMILES string of the molecule is CC(c1cc(Br)cs1)N1CCc2sccc2C1C(=O)O. The number of carboxylic acids is 1. The topological polar surface area (TPSA) is 40.5 Å². The maximum atomic E-state index is 11.7. The summed E-state index contributed by atoms with van der Waals surface area (Å²) in [7, 11) is 0. The zero-order valence-corrected chi connectivity index (χ0v) is 14.1. The summed E-state index contributed by atoms with van der Waals surface area (Å²) in [6, 6.07) is 3.63. The third-order valence-corrected chi connectivity index (χ3v) is 6.59. The van der Waals surface area contributed by atoms with Crippen LogP contribution in [0.2, 0.25) is 0 Å². The molecular weight excluding hydrogens is 358 g/mol. The number of nitrogens with zero attached hydrogens (tertiary/aromatic N) is 1. The van der Waals surface area contributed by atoms with Crippen LogP contribution in [0.4, 0.5) is 0 Å². The number of fused-ring (bicyclic) bond motifs is 1. The number of thiophene rings is 2. The summed E-state index contributed by atoms with van der Waals surface area (Å²) in [4.78, 5) is 16.2. The minimum atomic E-state index is -0.758. The van der Waals surface area contributed by atoms with Crippen LogP contribution in [0.5, 0.6) is 0 Å². The van der Waals surface area contributed by atoms with Gasteiger partial charge in [-0.1, -0.05) is 0 Å². The van der Waals surface area contributed by atoms with Crippen LogP contribution >= 0.6 is 38.6 Å². The molecule has 0 aromatic carbocycles. The number of rotatable bonds is 3. The van der Waals surface area contributed by atoms with Crippen LogP contribution in [-0.4, -0.2) is 22.5 Å². The minimum absolute atomic E-state index is 0.112. The van der Waals surface area contributed by atoms with Gasteiger partial charge in [0.1, 0.15) is 6.04 Å². The Bertz CT molecular complexity index is 637. The van der Waals surface area contributed by atoms with E-state index in [9.17, 15) is 9.90 Å². The molecule has 1 aliphatic rings. The Kier molecular flexibility index (Phi) is 3.99. The lowest BCUT2D eigenvalue weighted by Gasteiger charge is -2.37. The van der Waals surface area contributed by atoms with Crippen molar-refractivity contribution in [3.63, 3.8) is 0 Å². The van der Waals surface area contributed by atoms with Gasteiger partial charge in [0.05, 0.1) is 0 Å². The molecule has 0 saturated heterocycles. The van der Waals surface area contributed by atoms with Crippen LogP contribution in [0.25, 0.3) is 0 Å². The van der Waals surface area contributed by atoms with Crippen molar-refractivity contribution in [3.05, 3.63) is 42.7 Å². The third kappa shape index (κ3) is 2.45. The fraction of sp³-hybridized carbons (Fsp3) is 0.357. The predicted molar refractivity (Wildman–Crippen MR) is 85.5 cm³/mol. The number of carboxylic acid groups (broad SMARTS) is 1. The molecule has 0 bridgehead atoms. The van der Waals surface area contributed by atoms with Crippen molar-refractivity contribution in [3.8, 4) is 0 Å². The van der Waals surface area contributed by atoms with E-state index in [1.807, 2.05) is 16.8 Å². The van der Waals surface area contributed by atoms with Gasteiger partial charge in [-0.15, -0.1) is 22.7 Å². The van der Waals surface area contributed by atoms with Crippen molar-refractivity contribution in [2.24, 2.45) is 0 Å². The standard InChI is InChI=1S/C14H14BrNO2S2/c1-8(12-6-9(15)7-20-12)16-4-2-11-10(3-5-19-11)13(16)14(17)18/h3,5-8,13H,2,4H2,1H3,(H,17,18). The molecule has 20 heavy (non-hydrogen) atoms. The first-order chi connectivity index (χ1) is 9.58. The highest BCUT2D eigenvalue weighted by Gasteiger charge is 2.36. The fourth-order valence-electron chi connectivity index (χ4n) is 2.74. The van der Waals surface area contributed by atoms with Crippen LogP contribution in [0.1, 0.15) is 34.3 Å². The summed E-state index contributed by atoms with van der Waals surface area (Å²) >= 11 is 6.80. The third-order valence-electron chi connectivity index (χ3n) is 3.73. The summed E-state index contributed by atoms with van der Waals surface area (Å²) in [6.45, 7) is 2.88. The Morgan fingerprint density at radius 2 is 2.35 bits per heavy atom. The maximum Gasteiger partial charge on any atom is 0.325 e. The van der Waals surface area contributed by atoms with Crippen LogP contribution in [0.15, 0.2) is 27.4 Å². The van der Waals surface area contributed by atoms with E-state index in [1.165, 1.54) is 9.75 Å². The molecule has 0 saturated carbocycles. The minimum Gasteiger partial charge on any atom is -0.480 e. The molecule has 2 aromatic rings. The van der Waals surface area contributed by atoms with Crippen molar-refractivity contribution >= 4 is 44.6 Å².